The lowest BCUT2D eigenvalue weighted by Gasteiger charge is -2.36. The van der Waals surface area contributed by atoms with Crippen molar-refractivity contribution in [1.82, 2.24) is 9.80 Å². The van der Waals surface area contributed by atoms with Crippen LogP contribution in [0.4, 0.5) is 4.79 Å². The van der Waals surface area contributed by atoms with Gasteiger partial charge in [0.2, 0.25) is 11.8 Å². The van der Waals surface area contributed by atoms with E-state index in [2.05, 4.69) is 0 Å². The van der Waals surface area contributed by atoms with Crippen LogP contribution in [-0.4, -0.2) is 51.3 Å². The number of benzene rings is 1. The summed E-state index contributed by atoms with van der Waals surface area (Å²) < 4.78 is 0. The molecule has 0 radical (unpaired) electrons. The molecule has 0 aromatic heterocycles. The summed E-state index contributed by atoms with van der Waals surface area (Å²) in [6, 6.07) is 6.03. The maximum Gasteiger partial charge on any atom is 0.333 e. The average molecular weight is 379 g/mol. The number of hydrogen-bond acceptors (Lipinski definition) is 4. The van der Waals surface area contributed by atoms with Crippen LogP contribution >= 0.6 is 11.6 Å². The third-order valence-corrected chi connectivity index (χ3v) is 5.18. The van der Waals surface area contributed by atoms with E-state index in [-0.39, 0.29) is 19.4 Å². The maximum atomic E-state index is 12.7. The molecule has 26 heavy (non-hydrogen) atoms. The maximum absolute atomic E-state index is 12.7. The molecule has 1 aromatic rings. The van der Waals surface area contributed by atoms with Crippen molar-refractivity contribution in [1.29, 1.82) is 0 Å². The van der Waals surface area contributed by atoms with Crippen LogP contribution in [0.5, 0.6) is 0 Å². The van der Waals surface area contributed by atoms with Gasteiger partial charge in [0.05, 0.1) is 5.92 Å². The molecule has 8 heteroatoms. The highest BCUT2D eigenvalue weighted by Crippen LogP contribution is 2.32. The second-order valence-corrected chi connectivity index (χ2v) is 7.09. The molecular formula is C18H19ClN2O5. The molecule has 1 aliphatic carbocycles. The summed E-state index contributed by atoms with van der Waals surface area (Å²) in [7, 11) is 0. The van der Waals surface area contributed by atoms with Crippen molar-refractivity contribution < 1.29 is 24.3 Å². The number of barbiturate groups is 1. The Balaban J connectivity index is 1.70. The molecule has 1 saturated carbocycles. The minimum absolute atomic E-state index is 0.150. The summed E-state index contributed by atoms with van der Waals surface area (Å²) in [6.07, 6.45) is 1.18. The van der Waals surface area contributed by atoms with Crippen LogP contribution < -0.4 is 0 Å². The Kier molecular flexibility index (Phi) is 5.27. The fourth-order valence-electron chi connectivity index (χ4n) is 3.58. The number of carbonyl (C=O) groups excluding carboxylic acids is 3. The normalized spacial score (nSPS) is 23.7. The summed E-state index contributed by atoms with van der Waals surface area (Å²) in [4.78, 5) is 50.4. The van der Waals surface area contributed by atoms with Crippen molar-refractivity contribution in [3.8, 4) is 0 Å². The first-order chi connectivity index (χ1) is 12.4. The summed E-state index contributed by atoms with van der Waals surface area (Å²) in [5.41, 5.74) is 0.883. The number of amides is 4. The van der Waals surface area contributed by atoms with Gasteiger partial charge in [0.1, 0.15) is 6.42 Å². The Morgan fingerprint density at radius 1 is 1.19 bits per heavy atom. The zero-order chi connectivity index (χ0) is 18.8. The van der Waals surface area contributed by atoms with Crippen molar-refractivity contribution in [3.05, 3.63) is 34.9 Å². The second-order valence-electron chi connectivity index (χ2n) is 6.65. The molecule has 0 bridgehead atoms. The van der Waals surface area contributed by atoms with E-state index in [1.165, 1.54) is 0 Å². The molecule has 2 atom stereocenters. The molecule has 4 amide bonds. The minimum Gasteiger partial charge on any atom is -0.481 e. The number of imide groups is 2. The molecule has 7 nitrogen and oxygen atoms in total. The van der Waals surface area contributed by atoms with Gasteiger partial charge in [-0.05, 0) is 43.4 Å². The first-order valence-corrected chi connectivity index (χ1v) is 8.88. The molecule has 138 valence electrons. The third kappa shape index (κ3) is 3.72. The number of halogens is 1. The molecule has 2 fully saturated rings. The number of carboxylic acid groups (broad SMARTS) is 1. The smallest absolute Gasteiger partial charge is 0.333 e. The van der Waals surface area contributed by atoms with Crippen LogP contribution in [0.15, 0.2) is 24.3 Å². The zero-order valence-corrected chi connectivity index (χ0v) is 14.8. The predicted octanol–water partition coefficient (Wildman–Crippen LogP) is 2.32. The van der Waals surface area contributed by atoms with Gasteiger partial charge >= 0.3 is 12.0 Å². The van der Waals surface area contributed by atoms with Crippen molar-refractivity contribution in [3.63, 3.8) is 0 Å². The first-order valence-electron chi connectivity index (χ1n) is 8.50. The van der Waals surface area contributed by atoms with Gasteiger partial charge in [-0.15, -0.1) is 0 Å². The number of aliphatic carboxylic acids is 1. The number of carbonyl (C=O) groups is 4. The van der Waals surface area contributed by atoms with Crippen LogP contribution in [0, 0.1) is 5.92 Å². The van der Waals surface area contributed by atoms with E-state index in [0.29, 0.717) is 24.3 Å². The Bertz CT molecular complexity index is 766. The highest BCUT2D eigenvalue weighted by Gasteiger charge is 2.44. The number of carboxylic acids is 1. The summed E-state index contributed by atoms with van der Waals surface area (Å²) in [5.74, 6) is -2.54. The molecule has 1 aliphatic heterocycles. The van der Waals surface area contributed by atoms with Crippen molar-refractivity contribution >= 4 is 35.4 Å². The minimum atomic E-state index is -0.918. The van der Waals surface area contributed by atoms with Crippen molar-refractivity contribution in [2.75, 3.05) is 6.54 Å². The molecule has 1 aromatic carbocycles. The number of rotatable bonds is 5. The molecule has 0 spiro atoms. The predicted molar refractivity (Wildman–Crippen MR) is 92.5 cm³/mol. The van der Waals surface area contributed by atoms with E-state index in [1.54, 1.807) is 18.2 Å². The van der Waals surface area contributed by atoms with Gasteiger partial charge in [-0.25, -0.2) is 4.79 Å². The van der Waals surface area contributed by atoms with E-state index < -0.39 is 35.8 Å². The van der Waals surface area contributed by atoms with Gasteiger partial charge in [-0.3, -0.25) is 24.2 Å². The van der Waals surface area contributed by atoms with Gasteiger partial charge in [0.25, 0.3) is 0 Å². The van der Waals surface area contributed by atoms with Crippen LogP contribution in [0.25, 0.3) is 0 Å². The molecule has 3 rings (SSSR count). The van der Waals surface area contributed by atoms with Crippen LogP contribution in [-0.2, 0) is 20.8 Å². The van der Waals surface area contributed by atoms with E-state index >= 15 is 0 Å². The fourth-order valence-corrected chi connectivity index (χ4v) is 3.80. The van der Waals surface area contributed by atoms with E-state index in [4.69, 9.17) is 16.7 Å². The Morgan fingerprint density at radius 3 is 2.62 bits per heavy atom. The average Bonchev–Trinajstić information content (AvgIpc) is 3.04. The van der Waals surface area contributed by atoms with Gasteiger partial charge in [0, 0.05) is 17.6 Å². The van der Waals surface area contributed by atoms with Crippen LogP contribution in [0.3, 0.4) is 0 Å². The Labute approximate surface area is 155 Å². The standard InChI is InChI=1S/C18H19ClN2O5/c19-13-3-1-2-11(8-13)6-7-20-15(22)10-16(23)21(18(20)26)14-5-4-12(9-14)17(24)25/h1-3,8,12,14H,4-7,9-10H2,(H,24,25)/t12-,14+/m0/s1. The highest BCUT2D eigenvalue weighted by molar-refractivity contribution is 6.30. The number of hydrogen-bond donors (Lipinski definition) is 1. The molecule has 2 aliphatic rings. The zero-order valence-electron chi connectivity index (χ0n) is 14.1. The molecule has 1 N–H and O–H groups in total. The third-order valence-electron chi connectivity index (χ3n) is 4.94. The van der Waals surface area contributed by atoms with Gasteiger partial charge in [-0.2, -0.15) is 0 Å². The number of nitrogens with zero attached hydrogens (tertiary/aromatic N) is 2. The summed E-state index contributed by atoms with van der Waals surface area (Å²) in [6.45, 7) is 0.150. The summed E-state index contributed by atoms with van der Waals surface area (Å²) >= 11 is 5.94. The first kappa shape index (κ1) is 18.4. The molecule has 1 saturated heterocycles. The van der Waals surface area contributed by atoms with Gasteiger partial charge in [-0.1, -0.05) is 23.7 Å². The lowest BCUT2D eigenvalue weighted by atomic mass is 10.1. The van der Waals surface area contributed by atoms with Gasteiger partial charge in [0.15, 0.2) is 0 Å². The van der Waals surface area contributed by atoms with Crippen LogP contribution in [0.1, 0.15) is 31.2 Å². The van der Waals surface area contributed by atoms with Crippen molar-refractivity contribution in [2.45, 2.75) is 38.1 Å². The summed E-state index contributed by atoms with van der Waals surface area (Å²) in [5, 5.41) is 9.69. The lowest BCUT2D eigenvalue weighted by Crippen LogP contribution is -2.58. The Hall–Kier alpha value is -2.41. The second kappa shape index (κ2) is 7.45. The lowest BCUT2D eigenvalue weighted by molar-refractivity contribution is -0.145. The van der Waals surface area contributed by atoms with E-state index in [9.17, 15) is 19.2 Å². The van der Waals surface area contributed by atoms with Crippen LogP contribution in [0.2, 0.25) is 5.02 Å². The SMILES string of the molecule is O=C(O)[C@H]1CC[C@@H](N2C(=O)CC(=O)N(CCc3cccc(Cl)c3)C2=O)C1. The quantitative estimate of drug-likeness (QED) is 0.793. The topological polar surface area (TPSA) is 95.0 Å². The molecule has 0 unspecified atom stereocenters. The Morgan fingerprint density at radius 2 is 1.96 bits per heavy atom. The molecule has 1 heterocycles. The fraction of sp³-hybridized carbons (Fsp3) is 0.444. The molecular weight excluding hydrogens is 360 g/mol. The van der Waals surface area contributed by atoms with Gasteiger partial charge < -0.3 is 5.11 Å². The van der Waals surface area contributed by atoms with E-state index in [0.717, 1.165) is 15.4 Å². The van der Waals surface area contributed by atoms with E-state index in [1.807, 2.05) is 6.07 Å². The number of urea groups is 1. The monoisotopic (exact) mass is 378 g/mol. The largest absolute Gasteiger partial charge is 0.481 e. The highest BCUT2D eigenvalue weighted by atomic mass is 35.5. The van der Waals surface area contributed by atoms with Crippen molar-refractivity contribution in [2.24, 2.45) is 5.92 Å².